The number of hydrogen-bond acceptors (Lipinski definition) is 3. The van der Waals surface area contributed by atoms with Crippen LogP contribution in [0.25, 0.3) is 0 Å². The molecule has 0 aliphatic heterocycles. The van der Waals surface area contributed by atoms with E-state index in [9.17, 15) is 14.4 Å². The Kier molecular flexibility index (Phi) is 5.90. The quantitative estimate of drug-likeness (QED) is 0.626. The van der Waals surface area contributed by atoms with Crippen LogP contribution in [0.1, 0.15) is 29.8 Å². The van der Waals surface area contributed by atoms with E-state index in [1.54, 1.807) is 38.1 Å². The van der Waals surface area contributed by atoms with Crippen molar-refractivity contribution in [1.29, 1.82) is 0 Å². The smallest absolute Gasteiger partial charge is 0.295 e. The number of benzene rings is 1. The molecule has 0 saturated heterocycles. The molecule has 5 heteroatoms. The van der Waals surface area contributed by atoms with Crippen LogP contribution < -0.4 is 5.32 Å². The highest BCUT2D eigenvalue weighted by Crippen LogP contribution is 2.06. The summed E-state index contributed by atoms with van der Waals surface area (Å²) in [6, 6.07) is 6.80. The summed E-state index contributed by atoms with van der Waals surface area (Å²) in [4.78, 5) is 36.9. The van der Waals surface area contributed by atoms with Gasteiger partial charge >= 0.3 is 0 Å². The normalized spacial score (nSPS) is 9.95. The van der Waals surface area contributed by atoms with E-state index in [0.29, 0.717) is 18.7 Å². The van der Waals surface area contributed by atoms with E-state index in [2.05, 4.69) is 5.32 Å². The van der Waals surface area contributed by atoms with Crippen molar-refractivity contribution in [3.8, 4) is 0 Å². The lowest BCUT2D eigenvalue weighted by atomic mass is 10.1. The molecule has 1 rings (SSSR count). The fourth-order valence-corrected chi connectivity index (χ4v) is 1.73. The van der Waals surface area contributed by atoms with Crippen molar-refractivity contribution in [3.05, 3.63) is 35.4 Å². The minimum atomic E-state index is -0.650. The van der Waals surface area contributed by atoms with E-state index in [1.807, 2.05) is 6.92 Å². The van der Waals surface area contributed by atoms with Crippen LogP contribution in [0.4, 0.5) is 0 Å². The van der Waals surface area contributed by atoms with Crippen LogP contribution in [0.15, 0.2) is 24.3 Å². The number of carbonyl (C=O) groups is 3. The predicted octanol–water partition coefficient (Wildman–Crippen LogP) is 1.16. The Balaban J connectivity index is 2.77. The second-order valence-electron chi connectivity index (χ2n) is 4.47. The number of nitrogens with zero attached hydrogens (tertiary/aromatic N) is 1. The summed E-state index contributed by atoms with van der Waals surface area (Å²) >= 11 is 0. The molecule has 0 spiro atoms. The van der Waals surface area contributed by atoms with Gasteiger partial charge in [-0.1, -0.05) is 29.8 Å². The average Bonchev–Trinajstić information content (AvgIpc) is 2.44. The molecule has 1 aromatic rings. The lowest BCUT2D eigenvalue weighted by Gasteiger charge is -2.19. The standard InChI is InChI=1S/C15H20N2O3/c1-4-16-13(18)10-17(5-2)15(20)14(19)12-8-6-11(3)7-9-12/h6-9H,4-5,10H2,1-3H3,(H,16,18). The Morgan fingerprint density at radius 2 is 1.70 bits per heavy atom. The number of Topliss-reactive ketones (excluding diaryl/α,β-unsaturated/α-hetero) is 1. The minimum Gasteiger partial charge on any atom is -0.355 e. The molecule has 20 heavy (non-hydrogen) atoms. The monoisotopic (exact) mass is 276 g/mol. The van der Waals surface area contributed by atoms with Gasteiger partial charge in [0.15, 0.2) is 0 Å². The second kappa shape index (κ2) is 7.43. The number of nitrogens with one attached hydrogen (secondary N) is 1. The van der Waals surface area contributed by atoms with Gasteiger partial charge in [-0.15, -0.1) is 0 Å². The van der Waals surface area contributed by atoms with Gasteiger partial charge in [-0.25, -0.2) is 0 Å². The van der Waals surface area contributed by atoms with Crippen molar-refractivity contribution < 1.29 is 14.4 Å². The first-order valence-corrected chi connectivity index (χ1v) is 6.66. The van der Waals surface area contributed by atoms with Crippen LogP contribution in [-0.2, 0) is 9.59 Å². The van der Waals surface area contributed by atoms with Crippen molar-refractivity contribution in [2.45, 2.75) is 20.8 Å². The molecule has 0 saturated carbocycles. The van der Waals surface area contributed by atoms with E-state index in [4.69, 9.17) is 0 Å². The lowest BCUT2D eigenvalue weighted by molar-refractivity contribution is -0.132. The number of amides is 2. The minimum absolute atomic E-state index is 0.0965. The maximum absolute atomic E-state index is 12.1. The Morgan fingerprint density at radius 3 is 2.20 bits per heavy atom. The predicted molar refractivity (Wildman–Crippen MR) is 76.4 cm³/mol. The van der Waals surface area contributed by atoms with Gasteiger partial charge in [0.05, 0.1) is 6.54 Å². The third-order valence-corrected chi connectivity index (χ3v) is 2.89. The average molecular weight is 276 g/mol. The molecule has 1 aromatic carbocycles. The summed E-state index contributed by atoms with van der Waals surface area (Å²) in [6.45, 7) is 6.15. The Labute approximate surface area is 119 Å². The summed E-state index contributed by atoms with van der Waals surface area (Å²) < 4.78 is 0. The number of carbonyl (C=O) groups excluding carboxylic acids is 3. The van der Waals surface area contributed by atoms with Crippen molar-refractivity contribution in [2.75, 3.05) is 19.6 Å². The lowest BCUT2D eigenvalue weighted by Crippen LogP contribution is -2.43. The van der Waals surface area contributed by atoms with E-state index < -0.39 is 11.7 Å². The van der Waals surface area contributed by atoms with Crippen LogP contribution in [0.5, 0.6) is 0 Å². The van der Waals surface area contributed by atoms with E-state index in [0.717, 1.165) is 5.56 Å². The van der Waals surface area contributed by atoms with Crippen LogP contribution >= 0.6 is 0 Å². The van der Waals surface area contributed by atoms with Crippen molar-refractivity contribution in [3.63, 3.8) is 0 Å². The Hall–Kier alpha value is -2.17. The number of rotatable bonds is 6. The third kappa shape index (κ3) is 4.19. The third-order valence-electron chi connectivity index (χ3n) is 2.89. The fraction of sp³-hybridized carbons (Fsp3) is 0.400. The SMILES string of the molecule is CCNC(=O)CN(CC)C(=O)C(=O)c1ccc(C)cc1. The maximum atomic E-state index is 12.1. The zero-order chi connectivity index (χ0) is 15.1. The molecule has 0 atom stereocenters. The second-order valence-corrected chi connectivity index (χ2v) is 4.47. The van der Waals surface area contributed by atoms with Crippen molar-refractivity contribution >= 4 is 17.6 Å². The summed E-state index contributed by atoms with van der Waals surface area (Å²) in [6.07, 6.45) is 0. The molecule has 0 heterocycles. The zero-order valence-corrected chi connectivity index (χ0v) is 12.1. The molecular weight excluding hydrogens is 256 g/mol. The highest BCUT2D eigenvalue weighted by atomic mass is 16.2. The van der Waals surface area contributed by atoms with Gasteiger partial charge in [-0.3, -0.25) is 14.4 Å². The number of ketones is 1. The maximum Gasteiger partial charge on any atom is 0.295 e. The summed E-state index contributed by atoms with van der Waals surface area (Å²) in [7, 11) is 0. The molecular formula is C15H20N2O3. The summed E-state index contributed by atoms with van der Waals surface area (Å²) in [5.41, 5.74) is 1.36. The van der Waals surface area contributed by atoms with Gasteiger partial charge < -0.3 is 10.2 Å². The summed E-state index contributed by atoms with van der Waals surface area (Å²) in [5.74, 6) is -1.50. The highest BCUT2D eigenvalue weighted by Gasteiger charge is 2.23. The van der Waals surface area contributed by atoms with Gasteiger partial charge in [0, 0.05) is 18.7 Å². The topological polar surface area (TPSA) is 66.5 Å². The van der Waals surface area contributed by atoms with E-state index in [1.165, 1.54) is 4.90 Å². The molecule has 0 radical (unpaired) electrons. The molecule has 108 valence electrons. The first kappa shape index (κ1) is 15.9. The molecule has 0 aliphatic carbocycles. The summed E-state index contributed by atoms with van der Waals surface area (Å²) in [5, 5.41) is 2.61. The molecule has 1 N–H and O–H groups in total. The molecule has 2 amide bonds. The molecule has 0 fully saturated rings. The number of hydrogen-bond donors (Lipinski definition) is 1. The van der Waals surface area contributed by atoms with Crippen LogP contribution in [0, 0.1) is 6.92 Å². The van der Waals surface area contributed by atoms with Crippen LogP contribution in [0.3, 0.4) is 0 Å². The van der Waals surface area contributed by atoms with Crippen LogP contribution in [-0.4, -0.2) is 42.1 Å². The largest absolute Gasteiger partial charge is 0.355 e. The Bertz CT molecular complexity index is 494. The molecule has 5 nitrogen and oxygen atoms in total. The first-order valence-electron chi connectivity index (χ1n) is 6.66. The van der Waals surface area contributed by atoms with Crippen molar-refractivity contribution in [1.82, 2.24) is 10.2 Å². The molecule has 0 bridgehead atoms. The fourth-order valence-electron chi connectivity index (χ4n) is 1.73. The molecule has 0 aromatic heterocycles. The highest BCUT2D eigenvalue weighted by molar-refractivity contribution is 6.42. The van der Waals surface area contributed by atoms with Gasteiger partial charge in [0.25, 0.3) is 5.91 Å². The van der Waals surface area contributed by atoms with Crippen molar-refractivity contribution in [2.24, 2.45) is 0 Å². The van der Waals surface area contributed by atoms with Gasteiger partial charge in [0.2, 0.25) is 11.7 Å². The number of likely N-dealkylation sites (N-methyl/N-ethyl adjacent to an activating group) is 2. The van der Waals surface area contributed by atoms with E-state index in [-0.39, 0.29) is 12.5 Å². The zero-order valence-electron chi connectivity index (χ0n) is 12.1. The molecule has 0 aliphatic rings. The number of aryl methyl sites for hydroxylation is 1. The van der Waals surface area contributed by atoms with E-state index >= 15 is 0 Å². The Morgan fingerprint density at radius 1 is 1.10 bits per heavy atom. The molecule has 0 unspecified atom stereocenters. The van der Waals surface area contributed by atoms with Gasteiger partial charge in [-0.05, 0) is 20.8 Å². The first-order chi connectivity index (χ1) is 9.49. The van der Waals surface area contributed by atoms with Gasteiger partial charge in [-0.2, -0.15) is 0 Å². The van der Waals surface area contributed by atoms with Gasteiger partial charge in [0.1, 0.15) is 0 Å². The van der Waals surface area contributed by atoms with Crippen LogP contribution in [0.2, 0.25) is 0 Å².